The van der Waals surface area contributed by atoms with Gasteiger partial charge < -0.3 is 15.3 Å². The van der Waals surface area contributed by atoms with Gasteiger partial charge in [-0.1, -0.05) is 19.8 Å². The number of unbranched alkanes of at least 4 members (excludes halogenated alkanes) is 1. The van der Waals surface area contributed by atoms with Crippen LogP contribution in [0.4, 0.5) is 0 Å². The van der Waals surface area contributed by atoms with Crippen LogP contribution in [0.2, 0.25) is 0 Å². The molecular formula is C8H16Cl2O5. The molecule has 0 aliphatic heterocycles. The van der Waals surface area contributed by atoms with Crippen molar-refractivity contribution in [2.24, 2.45) is 0 Å². The lowest BCUT2D eigenvalue weighted by Crippen LogP contribution is -2.40. The standard InChI is InChI=1S/C8H14O5.2ClH/c1-2-3-4-8(13,7(11)12)5-6(9)10;;/h13H,2-5H2,1H3,(H,9,10)(H,11,12);2*1H. The number of carboxylic acid groups (broad SMARTS) is 2. The number of halogens is 2. The van der Waals surface area contributed by atoms with E-state index in [1.165, 1.54) is 0 Å². The molecule has 5 nitrogen and oxygen atoms in total. The molecule has 0 aliphatic rings. The second kappa shape index (κ2) is 8.76. The fourth-order valence-corrected chi connectivity index (χ4v) is 0.990. The number of hydrogen-bond donors (Lipinski definition) is 3. The van der Waals surface area contributed by atoms with Crippen molar-refractivity contribution >= 4 is 36.8 Å². The summed E-state index contributed by atoms with van der Waals surface area (Å²) in [5.41, 5.74) is -2.11. The van der Waals surface area contributed by atoms with Crippen LogP contribution in [0.5, 0.6) is 0 Å². The van der Waals surface area contributed by atoms with Gasteiger partial charge in [0.05, 0.1) is 6.42 Å². The molecule has 0 rings (SSSR count). The molecule has 3 N–H and O–H groups in total. The van der Waals surface area contributed by atoms with Gasteiger partial charge in [0.25, 0.3) is 0 Å². The zero-order valence-electron chi connectivity index (χ0n) is 8.30. The van der Waals surface area contributed by atoms with Crippen molar-refractivity contribution in [2.45, 2.75) is 38.2 Å². The Morgan fingerprint density at radius 2 is 1.67 bits per heavy atom. The van der Waals surface area contributed by atoms with Crippen LogP contribution in [0.25, 0.3) is 0 Å². The fourth-order valence-electron chi connectivity index (χ4n) is 0.990. The van der Waals surface area contributed by atoms with Gasteiger partial charge in [0, 0.05) is 0 Å². The quantitative estimate of drug-likeness (QED) is 0.671. The highest BCUT2D eigenvalue weighted by molar-refractivity contribution is 5.85. The smallest absolute Gasteiger partial charge is 0.336 e. The van der Waals surface area contributed by atoms with E-state index >= 15 is 0 Å². The first-order valence-electron chi connectivity index (χ1n) is 4.10. The minimum absolute atomic E-state index is 0. The number of aliphatic hydroxyl groups is 1. The van der Waals surface area contributed by atoms with Crippen molar-refractivity contribution in [3.05, 3.63) is 0 Å². The van der Waals surface area contributed by atoms with Gasteiger partial charge in [-0.3, -0.25) is 4.79 Å². The molecule has 0 radical (unpaired) electrons. The molecule has 0 saturated heterocycles. The molecule has 0 amide bonds. The van der Waals surface area contributed by atoms with E-state index in [1.807, 2.05) is 6.92 Å². The molecule has 1 atom stereocenters. The van der Waals surface area contributed by atoms with Crippen LogP contribution in [0.15, 0.2) is 0 Å². The van der Waals surface area contributed by atoms with E-state index in [9.17, 15) is 14.7 Å². The lowest BCUT2D eigenvalue weighted by Gasteiger charge is -2.20. The Labute approximate surface area is 100 Å². The maximum atomic E-state index is 10.5. The summed E-state index contributed by atoms with van der Waals surface area (Å²) in [4.78, 5) is 20.8. The lowest BCUT2D eigenvalue weighted by molar-refractivity contribution is -0.166. The predicted molar refractivity (Wildman–Crippen MR) is 58.9 cm³/mol. The molecule has 0 aliphatic carbocycles. The topological polar surface area (TPSA) is 94.8 Å². The van der Waals surface area contributed by atoms with Gasteiger partial charge in [-0.25, -0.2) is 4.79 Å². The second-order valence-electron chi connectivity index (χ2n) is 3.01. The number of hydrogen-bond acceptors (Lipinski definition) is 3. The predicted octanol–water partition coefficient (Wildman–Crippen LogP) is 1.31. The van der Waals surface area contributed by atoms with E-state index in [4.69, 9.17) is 10.2 Å². The summed E-state index contributed by atoms with van der Waals surface area (Å²) in [6.07, 6.45) is 0.443. The fraction of sp³-hybridized carbons (Fsp3) is 0.750. The third-order valence-corrected chi connectivity index (χ3v) is 1.79. The Morgan fingerprint density at radius 1 is 1.20 bits per heavy atom. The van der Waals surface area contributed by atoms with Crippen molar-refractivity contribution in [1.82, 2.24) is 0 Å². The molecular weight excluding hydrogens is 247 g/mol. The molecule has 0 aromatic carbocycles. The molecule has 0 heterocycles. The summed E-state index contributed by atoms with van der Waals surface area (Å²) in [5, 5.41) is 26.4. The summed E-state index contributed by atoms with van der Waals surface area (Å²) in [5.74, 6) is -2.77. The van der Waals surface area contributed by atoms with Gasteiger partial charge in [0.15, 0.2) is 5.60 Å². The van der Waals surface area contributed by atoms with Crippen LogP contribution in [-0.4, -0.2) is 32.9 Å². The van der Waals surface area contributed by atoms with Crippen molar-refractivity contribution in [2.75, 3.05) is 0 Å². The highest BCUT2D eigenvalue weighted by Crippen LogP contribution is 2.18. The van der Waals surface area contributed by atoms with Crippen LogP contribution in [0, 0.1) is 0 Å². The van der Waals surface area contributed by atoms with E-state index in [1.54, 1.807) is 0 Å². The van der Waals surface area contributed by atoms with Crippen LogP contribution in [0.1, 0.15) is 32.6 Å². The van der Waals surface area contributed by atoms with E-state index < -0.39 is 24.0 Å². The van der Waals surface area contributed by atoms with Crippen LogP contribution in [0.3, 0.4) is 0 Å². The maximum absolute atomic E-state index is 10.5. The molecule has 0 spiro atoms. The van der Waals surface area contributed by atoms with Crippen molar-refractivity contribution < 1.29 is 24.9 Å². The van der Waals surface area contributed by atoms with Crippen LogP contribution in [-0.2, 0) is 9.59 Å². The Balaban J connectivity index is -0.000000720. The van der Waals surface area contributed by atoms with Crippen LogP contribution < -0.4 is 0 Å². The first kappa shape index (κ1) is 20.0. The molecule has 0 bridgehead atoms. The molecule has 1 unspecified atom stereocenters. The molecule has 0 saturated carbocycles. The van der Waals surface area contributed by atoms with Gasteiger partial charge in [-0.2, -0.15) is 0 Å². The van der Waals surface area contributed by atoms with Gasteiger partial charge in [0.1, 0.15) is 0 Å². The molecule has 92 valence electrons. The first-order chi connectivity index (χ1) is 5.92. The van der Waals surface area contributed by atoms with Gasteiger partial charge in [0.2, 0.25) is 0 Å². The SMILES string of the molecule is CCCCC(O)(CC(=O)O)C(=O)O.Cl.Cl. The third-order valence-electron chi connectivity index (χ3n) is 1.79. The average Bonchev–Trinajstić information content (AvgIpc) is 1.99. The van der Waals surface area contributed by atoms with Crippen LogP contribution >= 0.6 is 24.8 Å². The van der Waals surface area contributed by atoms with Gasteiger partial charge in [-0.05, 0) is 6.42 Å². The highest BCUT2D eigenvalue weighted by atomic mass is 35.5. The van der Waals surface area contributed by atoms with Crippen molar-refractivity contribution in [1.29, 1.82) is 0 Å². The first-order valence-corrected chi connectivity index (χ1v) is 4.10. The average molecular weight is 263 g/mol. The summed E-state index contributed by atoms with van der Waals surface area (Å²) in [6, 6.07) is 0. The molecule has 0 fully saturated rings. The monoisotopic (exact) mass is 262 g/mol. The molecule has 0 aromatic heterocycles. The third kappa shape index (κ3) is 7.41. The summed E-state index contributed by atoms with van der Waals surface area (Å²) in [6.45, 7) is 1.84. The maximum Gasteiger partial charge on any atom is 0.336 e. The van der Waals surface area contributed by atoms with Gasteiger partial charge in [-0.15, -0.1) is 24.8 Å². The summed E-state index contributed by atoms with van der Waals surface area (Å²) >= 11 is 0. The Bertz CT molecular complexity index is 209. The van der Waals surface area contributed by atoms with E-state index in [0.717, 1.165) is 6.42 Å². The highest BCUT2D eigenvalue weighted by Gasteiger charge is 2.37. The second-order valence-corrected chi connectivity index (χ2v) is 3.01. The normalized spacial score (nSPS) is 12.9. The van der Waals surface area contributed by atoms with Crippen molar-refractivity contribution in [3.63, 3.8) is 0 Å². The van der Waals surface area contributed by atoms with E-state index in [2.05, 4.69) is 0 Å². The largest absolute Gasteiger partial charge is 0.481 e. The molecule has 0 aromatic rings. The van der Waals surface area contributed by atoms with Gasteiger partial charge >= 0.3 is 11.9 Å². The summed E-state index contributed by atoms with van der Waals surface area (Å²) in [7, 11) is 0. The number of carboxylic acids is 2. The number of rotatable bonds is 6. The number of carbonyl (C=O) groups is 2. The Morgan fingerprint density at radius 3 is 1.93 bits per heavy atom. The van der Waals surface area contributed by atoms with E-state index in [-0.39, 0.29) is 31.2 Å². The van der Waals surface area contributed by atoms with E-state index in [0.29, 0.717) is 6.42 Å². The Hall–Kier alpha value is -0.520. The molecule has 15 heavy (non-hydrogen) atoms. The summed E-state index contributed by atoms with van der Waals surface area (Å²) < 4.78 is 0. The Kier molecular flexibility index (Phi) is 11.7. The zero-order chi connectivity index (χ0) is 10.5. The lowest BCUT2D eigenvalue weighted by atomic mass is 9.93. The molecule has 7 heteroatoms. The zero-order valence-corrected chi connectivity index (χ0v) is 9.94. The minimum atomic E-state index is -2.11. The van der Waals surface area contributed by atoms with Crippen molar-refractivity contribution in [3.8, 4) is 0 Å². The minimum Gasteiger partial charge on any atom is -0.481 e. The number of aliphatic carboxylic acids is 2.